The molecule has 1 aliphatic heterocycles. The normalized spacial score (nSPS) is 18.3. The number of aromatic nitrogens is 1. The molecule has 0 N–H and O–H groups in total. The lowest BCUT2D eigenvalue weighted by molar-refractivity contribution is -0.158. The third-order valence-electron chi connectivity index (χ3n) is 5.97. The maximum Gasteiger partial charge on any atom is 0.310 e. The van der Waals surface area contributed by atoms with Crippen LogP contribution in [0.1, 0.15) is 44.9 Å². The van der Waals surface area contributed by atoms with Gasteiger partial charge >= 0.3 is 5.97 Å². The van der Waals surface area contributed by atoms with E-state index in [-0.39, 0.29) is 30.4 Å². The number of nitrogens with zero attached hydrogens (tertiary/aromatic N) is 2. The lowest BCUT2D eigenvalue weighted by Crippen LogP contribution is -2.44. The van der Waals surface area contributed by atoms with Gasteiger partial charge in [0.25, 0.3) is 0 Å². The van der Waals surface area contributed by atoms with E-state index in [9.17, 15) is 9.59 Å². The van der Waals surface area contributed by atoms with Gasteiger partial charge in [0, 0.05) is 36.8 Å². The van der Waals surface area contributed by atoms with Gasteiger partial charge in [-0.1, -0.05) is 57.2 Å². The number of esters is 1. The molecular formula is C25H32N2O3. The Bertz CT molecular complexity index is 823. The lowest BCUT2D eigenvalue weighted by Gasteiger charge is -2.31. The van der Waals surface area contributed by atoms with Gasteiger partial charge in [-0.2, -0.15) is 0 Å². The van der Waals surface area contributed by atoms with Gasteiger partial charge in [0.2, 0.25) is 5.91 Å². The minimum atomic E-state index is -0.461. The van der Waals surface area contributed by atoms with Gasteiger partial charge in [0.1, 0.15) is 6.61 Å². The van der Waals surface area contributed by atoms with Crippen molar-refractivity contribution < 1.29 is 14.3 Å². The molecule has 1 saturated heterocycles. The first-order valence-electron chi connectivity index (χ1n) is 10.9. The maximum absolute atomic E-state index is 13.4. The SMILES string of the molecule is CC(C)C(C(=O)OCc1ccccc1)[C@@H](C)C(=O)N1CCC[C@@H]1Cc1ccccn1. The highest BCUT2D eigenvalue weighted by Gasteiger charge is 2.39. The van der Waals surface area contributed by atoms with Crippen molar-refractivity contribution >= 4 is 11.9 Å². The second-order valence-electron chi connectivity index (χ2n) is 8.50. The minimum Gasteiger partial charge on any atom is -0.461 e. The van der Waals surface area contributed by atoms with Crippen LogP contribution in [0.4, 0.5) is 0 Å². The quantitative estimate of drug-likeness (QED) is 0.612. The Hall–Kier alpha value is -2.69. The first-order valence-corrected chi connectivity index (χ1v) is 10.9. The summed E-state index contributed by atoms with van der Waals surface area (Å²) in [6, 6.07) is 15.7. The smallest absolute Gasteiger partial charge is 0.310 e. The van der Waals surface area contributed by atoms with Crippen LogP contribution in [0.3, 0.4) is 0 Å². The van der Waals surface area contributed by atoms with Crippen molar-refractivity contribution in [3.63, 3.8) is 0 Å². The maximum atomic E-state index is 13.4. The first-order chi connectivity index (χ1) is 14.5. The summed E-state index contributed by atoms with van der Waals surface area (Å²) in [7, 11) is 0. The molecule has 0 radical (unpaired) electrons. The van der Waals surface area contributed by atoms with Crippen LogP contribution >= 0.6 is 0 Å². The molecule has 3 rings (SSSR count). The molecule has 5 nitrogen and oxygen atoms in total. The van der Waals surface area contributed by atoms with E-state index in [4.69, 9.17) is 4.74 Å². The summed E-state index contributed by atoms with van der Waals surface area (Å²) in [5.41, 5.74) is 1.94. The Balaban J connectivity index is 1.65. The number of carbonyl (C=O) groups is 2. The van der Waals surface area contributed by atoms with Crippen LogP contribution in [0.25, 0.3) is 0 Å². The molecule has 30 heavy (non-hydrogen) atoms. The average molecular weight is 409 g/mol. The molecule has 1 unspecified atom stereocenters. The number of pyridine rings is 1. The van der Waals surface area contributed by atoms with Crippen molar-refractivity contribution in [3.8, 4) is 0 Å². The van der Waals surface area contributed by atoms with Gasteiger partial charge in [-0.05, 0) is 36.5 Å². The monoisotopic (exact) mass is 408 g/mol. The molecular weight excluding hydrogens is 376 g/mol. The molecule has 160 valence electrons. The van der Waals surface area contributed by atoms with Crippen molar-refractivity contribution in [2.24, 2.45) is 17.8 Å². The summed E-state index contributed by atoms with van der Waals surface area (Å²) in [6.45, 7) is 6.80. The molecule has 1 aromatic carbocycles. The molecule has 3 atom stereocenters. The second-order valence-corrected chi connectivity index (χ2v) is 8.50. The highest BCUT2D eigenvalue weighted by molar-refractivity contribution is 5.85. The molecule has 1 aromatic heterocycles. The second kappa shape index (κ2) is 10.4. The largest absolute Gasteiger partial charge is 0.461 e. The summed E-state index contributed by atoms with van der Waals surface area (Å²) < 4.78 is 5.59. The predicted molar refractivity (Wildman–Crippen MR) is 116 cm³/mol. The van der Waals surface area contributed by atoms with E-state index < -0.39 is 11.8 Å². The van der Waals surface area contributed by atoms with Crippen molar-refractivity contribution in [3.05, 3.63) is 66.0 Å². The molecule has 2 aromatic rings. The summed E-state index contributed by atoms with van der Waals surface area (Å²) in [4.78, 5) is 32.6. The Kier molecular flexibility index (Phi) is 7.61. The molecule has 1 fully saturated rings. The van der Waals surface area contributed by atoms with Gasteiger partial charge in [-0.3, -0.25) is 14.6 Å². The van der Waals surface area contributed by atoms with Gasteiger partial charge in [-0.15, -0.1) is 0 Å². The topological polar surface area (TPSA) is 59.5 Å². The number of likely N-dealkylation sites (tertiary alicyclic amines) is 1. The third-order valence-corrected chi connectivity index (χ3v) is 5.97. The van der Waals surface area contributed by atoms with Crippen LogP contribution in [0.5, 0.6) is 0 Å². The zero-order valence-electron chi connectivity index (χ0n) is 18.2. The van der Waals surface area contributed by atoms with E-state index in [1.807, 2.05) is 74.2 Å². The van der Waals surface area contributed by atoms with E-state index in [0.29, 0.717) is 0 Å². The number of carbonyl (C=O) groups excluding carboxylic acids is 2. The Morgan fingerprint density at radius 1 is 1.10 bits per heavy atom. The zero-order chi connectivity index (χ0) is 21.5. The van der Waals surface area contributed by atoms with E-state index in [2.05, 4.69) is 4.98 Å². The predicted octanol–water partition coefficient (Wildman–Crippen LogP) is 4.27. The molecule has 5 heteroatoms. The van der Waals surface area contributed by atoms with Crippen LogP contribution < -0.4 is 0 Å². The van der Waals surface area contributed by atoms with E-state index in [1.165, 1.54) is 0 Å². The van der Waals surface area contributed by atoms with Crippen LogP contribution in [0, 0.1) is 17.8 Å². The Morgan fingerprint density at radius 2 is 1.83 bits per heavy atom. The van der Waals surface area contributed by atoms with E-state index >= 15 is 0 Å². The minimum absolute atomic E-state index is 0.0177. The molecule has 1 amide bonds. The molecule has 0 saturated carbocycles. The van der Waals surface area contributed by atoms with Crippen molar-refractivity contribution in [2.75, 3.05) is 6.54 Å². The fourth-order valence-corrected chi connectivity index (χ4v) is 4.39. The number of rotatable bonds is 8. The van der Waals surface area contributed by atoms with Gasteiger partial charge in [0.15, 0.2) is 0 Å². The number of ether oxygens (including phenoxy) is 1. The number of hydrogen-bond acceptors (Lipinski definition) is 4. The Labute approximate surface area is 179 Å². The summed E-state index contributed by atoms with van der Waals surface area (Å²) in [5.74, 6) is -1.11. The fraction of sp³-hybridized carbons (Fsp3) is 0.480. The molecule has 0 bridgehead atoms. The summed E-state index contributed by atoms with van der Waals surface area (Å²) >= 11 is 0. The standard InChI is InChI=1S/C25H32N2O3/c1-18(2)23(25(29)30-17-20-10-5-4-6-11-20)19(3)24(28)27-15-9-13-22(27)16-21-12-7-8-14-26-21/h4-8,10-12,14,18-19,22-23H,9,13,15-17H2,1-3H3/t19-,22-,23?/m1/s1. The summed E-state index contributed by atoms with van der Waals surface area (Å²) in [6.07, 6.45) is 4.50. The zero-order valence-corrected chi connectivity index (χ0v) is 18.2. The summed E-state index contributed by atoms with van der Waals surface area (Å²) in [5, 5.41) is 0. The average Bonchev–Trinajstić information content (AvgIpc) is 3.21. The van der Waals surface area contributed by atoms with Crippen LogP contribution in [-0.4, -0.2) is 34.3 Å². The van der Waals surface area contributed by atoms with Crippen LogP contribution in [-0.2, 0) is 27.4 Å². The number of amides is 1. The van der Waals surface area contributed by atoms with E-state index in [1.54, 1.807) is 6.20 Å². The lowest BCUT2D eigenvalue weighted by atomic mass is 9.83. The number of benzene rings is 1. The van der Waals surface area contributed by atoms with Gasteiger partial charge in [-0.25, -0.2) is 0 Å². The molecule has 2 heterocycles. The number of hydrogen-bond donors (Lipinski definition) is 0. The first kappa shape index (κ1) is 22.0. The molecule has 1 aliphatic rings. The highest BCUT2D eigenvalue weighted by Crippen LogP contribution is 2.29. The third kappa shape index (κ3) is 5.47. The van der Waals surface area contributed by atoms with Crippen LogP contribution in [0.15, 0.2) is 54.7 Å². The van der Waals surface area contributed by atoms with Gasteiger partial charge in [0.05, 0.1) is 5.92 Å². The fourth-order valence-electron chi connectivity index (χ4n) is 4.39. The van der Waals surface area contributed by atoms with Crippen molar-refractivity contribution in [1.29, 1.82) is 0 Å². The van der Waals surface area contributed by atoms with Crippen LogP contribution in [0.2, 0.25) is 0 Å². The van der Waals surface area contributed by atoms with Crippen molar-refractivity contribution in [2.45, 2.75) is 52.7 Å². The molecule has 0 aliphatic carbocycles. The molecule has 0 spiro atoms. The van der Waals surface area contributed by atoms with E-state index in [0.717, 1.165) is 37.1 Å². The van der Waals surface area contributed by atoms with Crippen molar-refractivity contribution in [1.82, 2.24) is 9.88 Å². The Morgan fingerprint density at radius 3 is 2.50 bits per heavy atom. The van der Waals surface area contributed by atoms with Gasteiger partial charge < -0.3 is 9.64 Å². The highest BCUT2D eigenvalue weighted by atomic mass is 16.5.